The third-order valence-electron chi connectivity index (χ3n) is 2.40. The Bertz CT molecular complexity index is 536. The Morgan fingerprint density at radius 1 is 1.47 bits per heavy atom. The number of rotatable bonds is 3. The largest absolute Gasteiger partial charge is 0.347 e. The molecule has 1 amide bonds. The molecule has 0 aliphatic heterocycles. The van der Waals surface area contributed by atoms with E-state index >= 15 is 0 Å². The van der Waals surface area contributed by atoms with Gasteiger partial charge in [0, 0.05) is 19.8 Å². The topological polar surface area (TPSA) is 46.9 Å². The average molecular weight is 233 g/mol. The van der Waals surface area contributed by atoms with E-state index < -0.39 is 0 Å². The summed E-state index contributed by atoms with van der Waals surface area (Å²) in [7, 11) is 1.69. The minimum atomic E-state index is -0.308. The first-order valence-electron chi connectivity index (χ1n) is 5.17. The summed E-state index contributed by atoms with van der Waals surface area (Å²) in [6, 6.07) is 7.75. The third-order valence-corrected chi connectivity index (χ3v) is 2.40. The summed E-state index contributed by atoms with van der Waals surface area (Å²) in [5, 5.41) is 6.61. The second kappa shape index (κ2) is 4.78. The monoisotopic (exact) mass is 233 g/mol. The van der Waals surface area contributed by atoms with Crippen molar-refractivity contribution in [2.45, 2.75) is 6.54 Å². The standard InChI is InChI=1S/C12H12FN3O/c1-16-11(5-6-15-16)12(17)14-8-9-3-2-4-10(13)7-9/h2-7H,8H2,1H3,(H,14,17). The number of hydrogen-bond donors (Lipinski definition) is 1. The van der Waals surface area contributed by atoms with E-state index in [4.69, 9.17) is 0 Å². The van der Waals surface area contributed by atoms with Crippen LogP contribution >= 0.6 is 0 Å². The van der Waals surface area contributed by atoms with Gasteiger partial charge in [0.2, 0.25) is 0 Å². The fourth-order valence-electron chi connectivity index (χ4n) is 1.52. The van der Waals surface area contributed by atoms with E-state index in [0.29, 0.717) is 12.2 Å². The van der Waals surface area contributed by atoms with Crippen LogP contribution in [0.1, 0.15) is 16.1 Å². The van der Waals surface area contributed by atoms with Gasteiger partial charge >= 0.3 is 0 Å². The molecule has 1 N–H and O–H groups in total. The highest BCUT2D eigenvalue weighted by molar-refractivity contribution is 5.92. The van der Waals surface area contributed by atoms with Crippen LogP contribution in [0.4, 0.5) is 4.39 Å². The molecule has 0 fully saturated rings. The van der Waals surface area contributed by atoms with Crippen LogP contribution < -0.4 is 5.32 Å². The molecule has 0 spiro atoms. The molecule has 17 heavy (non-hydrogen) atoms. The molecule has 1 heterocycles. The minimum absolute atomic E-state index is 0.228. The summed E-state index contributed by atoms with van der Waals surface area (Å²) >= 11 is 0. The van der Waals surface area contributed by atoms with Gasteiger partial charge in [-0.2, -0.15) is 5.10 Å². The van der Waals surface area contributed by atoms with E-state index in [2.05, 4.69) is 10.4 Å². The number of hydrogen-bond acceptors (Lipinski definition) is 2. The van der Waals surface area contributed by atoms with Crippen molar-refractivity contribution in [1.82, 2.24) is 15.1 Å². The van der Waals surface area contributed by atoms with Crippen molar-refractivity contribution in [3.63, 3.8) is 0 Å². The summed E-state index contributed by atoms with van der Waals surface area (Å²) in [4.78, 5) is 11.7. The van der Waals surface area contributed by atoms with Crippen LogP contribution in [0.5, 0.6) is 0 Å². The number of halogens is 1. The van der Waals surface area contributed by atoms with Crippen molar-refractivity contribution in [3.8, 4) is 0 Å². The maximum atomic E-state index is 12.9. The number of aromatic nitrogens is 2. The van der Waals surface area contributed by atoms with Crippen LogP contribution in [-0.2, 0) is 13.6 Å². The molecule has 0 unspecified atom stereocenters. The van der Waals surface area contributed by atoms with Gasteiger partial charge in [-0.3, -0.25) is 9.48 Å². The van der Waals surface area contributed by atoms with Crippen LogP contribution in [0.15, 0.2) is 36.5 Å². The van der Waals surface area contributed by atoms with Crippen molar-refractivity contribution < 1.29 is 9.18 Å². The predicted octanol–water partition coefficient (Wildman–Crippen LogP) is 1.49. The smallest absolute Gasteiger partial charge is 0.269 e. The normalized spacial score (nSPS) is 10.2. The molecule has 0 aliphatic rings. The molecule has 88 valence electrons. The molecule has 2 aromatic rings. The van der Waals surface area contributed by atoms with Crippen molar-refractivity contribution in [2.24, 2.45) is 7.05 Å². The van der Waals surface area contributed by atoms with Crippen LogP contribution in [0.25, 0.3) is 0 Å². The number of nitrogens with zero attached hydrogens (tertiary/aromatic N) is 2. The predicted molar refractivity (Wildman–Crippen MR) is 60.8 cm³/mol. The van der Waals surface area contributed by atoms with Crippen molar-refractivity contribution >= 4 is 5.91 Å². The average Bonchev–Trinajstić information content (AvgIpc) is 2.72. The zero-order valence-electron chi connectivity index (χ0n) is 9.35. The highest BCUT2D eigenvalue weighted by atomic mass is 19.1. The van der Waals surface area contributed by atoms with Gasteiger partial charge in [0.05, 0.1) is 0 Å². The quantitative estimate of drug-likeness (QED) is 0.873. The summed E-state index contributed by atoms with van der Waals surface area (Å²) in [5.41, 5.74) is 1.20. The van der Waals surface area contributed by atoms with E-state index in [-0.39, 0.29) is 11.7 Å². The fraction of sp³-hybridized carbons (Fsp3) is 0.167. The highest BCUT2D eigenvalue weighted by Crippen LogP contribution is 2.03. The Morgan fingerprint density at radius 2 is 2.29 bits per heavy atom. The Kier molecular flexibility index (Phi) is 3.18. The van der Waals surface area contributed by atoms with Crippen LogP contribution in [0.3, 0.4) is 0 Å². The highest BCUT2D eigenvalue weighted by Gasteiger charge is 2.08. The van der Waals surface area contributed by atoms with Gasteiger partial charge in [-0.1, -0.05) is 12.1 Å². The van der Waals surface area contributed by atoms with Crippen LogP contribution in [-0.4, -0.2) is 15.7 Å². The second-order valence-corrected chi connectivity index (χ2v) is 3.65. The summed E-state index contributed by atoms with van der Waals surface area (Å²) in [6.07, 6.45) is 1.55. The Balaban J connectivity index is 1.99. The van der Waals surface area contributed by atoms with Gasteiger partial charge in [0.1, 0.15) is 11.5 Å². The lowest BCUT2D eigenvalue weighted by Crippen LogP contribution is -2.25. The number of carbonyl (C=O) groups excluding carboxylic acids is 1. The van der Waals surface area contributed by atoms with Gasteiger partial charge in [0.15, 0.2) is 0 Å². The number of amides is 1. The lowest BCUT2D eigenvalue weighted by Gasteiger charge is -2.05. The van der Waals surface area contributed by atoms with E-state index in [1.165, 1.54) is 16.8 Å². The van der Waals surface area contributed by atoms with Crippen molar-refractivity contribution in [3.05, 3.63) is 53.6 Å². The zero-order chi connectivity index (χ0) is 12.3. The first-order chi connectivity index (χ1) is 8.16. The summed E-state index contributed by atoms with van der Waals surface area (Å²) in [5.74, 6) is -0.536. The Morgan fingerprint density at radius 3 is 2.94 bits per heavy atom. The van der Waals surface area contributed by atoms with Crippen molar-refractivity contribution in [2.75, 3.05) is 0 Å². The molecule has 0 saturated heterocycles. The second-order valence-electron chi connectivity index (χ2n) is 3.65. The molecular weight excluding hydrogens is 221 g/mol. The van der Waals surface area contributed by atoms with Gasteiger partial charge in [-0.05, 0) is 23.8 Å². The molecule has 5 heteroatoms. The Labute approximate surface area is 98.1 Å². The van der Waals surface area contributed by atoms with Gasteiger partial charge in [0.25, 0.3) is 5.91 Å². The molecule has 0 atom stereocenters. The number of nitrogens with one attached hydrogen (secondary N) is 1. The van der Waals surface area contributed by atoms with E-state index in [1.807, 2.05) is 0 Å². The summed E-state index contributed by atoms with van der Waals surface area (Å²) < 4.78 is 14.4. The molecule has 1 aromatic heterocycles. The zero-order valence-corrected chi connectivity index (χ0v) is 9.35. The van der Waals surface area contributed by atoms with Gasteiger partial charge in [-0.15, -0.1) is 0 Å². The molecule has 4 nitrogen and oxygen atoms in total. The molecule has 2 rings (SSSR count). The van der Waals surface area contributed by atoms with Gasteiger partial charge < -0.3 is 5.32 Å². The first kappa shape index (κ1) is 11.3. The third kappa shape index (κ3) is 2.69. The van der Waals surface area contributed by atoms with E-state index in [0.717, 1.165) is 5.56 Å². The number of carbonyl (C=O) groups is 1. The maximum Gasteiger partial charge on any atom is 0.269 e. The van der Waals surface area contributed by atoms with E-state index in [1.54, 1.807) is 31.4 Å². The summed E-state index contributed by atoms with van der Waals surface area (Å²) in [6.45, 7) is 0.293. The molecule has 0 aliphatic carbocycles. The molecular formula is C12H12FN3O. The number of benzene rings is 1. The first-order valence-corrected chi connectivity index (χ1v) is 5.17. The lowest BCUT2D eigenvalue weighted by atomic mass is 10.2. The number of aryl methyl sites for hydroxylation is 1. The van der Waals surface area contributed by atoms with E-state index in [9.17, 15) is 9.18 Å². The molecule has 0 bridgehead atoms. The van der Waals surface area contributed by atoms with Crippen LogP contribution in [0, 0.1) is 5.82 Å². The van der Waals surface area contributed by atoms with Crippen LogP contribution in [0.2, 0.25) is 0 Å². The molecule has 1 aromatic carbocycles. The fourth-order valence-corrected chi connectivity index (χ4v) is 1.52. The molecule has 0 radical (unpaired) electrons. The maximum absolute atomic E-state index is 12.9. The minimum Gasteiger partial charge on any atom is -0.347 e. The van der Waals surface area contributed by atoms with Crippen molar-refractivity contribution in [1.29, 1.82) is 0 Å². The Hall–Kier alpha value is -2.17. The SMILES string of the molecule is Cn1nccc1C(=O)NCc1cccc(F)c1. The lowest BCUT2D eigenvalue weighted by molar-refractivity contribution is 0.0941. The molecule has 0 saturated carbocycles. The van der Waals surface area contributed by atoms with Gasteiger partial charge in [-0.25, -0.2) is 4.39 Å².